The van der Waals surface area contributed by atoms with E-state index < -0.39 is 14.0 Å². The number of aryl methyl sites for hydroxylation is 7. The predicted molar refractivity (Wildman–Crippen MR) is 435 cm³/mol. The summed E-state index contributed by atoms with van der Waals surface area (Å²) in [6.07, 6.45) is 13.2. The van der Waals surface area contributed by atoms with E-state index in [1.165, 1.54) is 181 Å². The van der Waals surface area contributed by atoms with Gasteiger partial charge >= 0.3 is 21.1 Å². The van der Waals surface area contributed by atoms with Crippen LogP contribution < -0.4 is 5.59 Å². The fraction of sp³-hybridized carbons (Fsp3) is 0.819. The van der Waals surface area contributed by atoms with Gasteiger partial charge in [-0.15, -0.1) is 0 Å². The summed E-state index contributed by atoms with van der Waals surface area (Å²) in [6, 6.07) is 9.71. The van der Waals surface area contributed by atoms with Crippen LogP contribution in [-0.2, 0) is 27.9 Å². The van der Waals surface area contributed by atoms with Crippen LogP contribution in [-0.4, -0.2) is 229 Å². The molecule has 5 aliphatic carbocycles. The third-order valence-corrected chi connectivity index (χ3v) is 28.1. The van der Waals surface area contributed by atoms with Crippen LogP contribution in [0.4, 0.5) is 0 Å². The van der Waals surface area contributed by atoms with Crippen molar-refractivity contribution in [3.8, 4) is 0 Å². The molecule has 596 valence electrons. The fourth-order valence-electron chi connectivity index (χ4n) is 20.5. The molecule has 107 heavy (non-hydrogen) atoms. The van der Waals surface area contributed by atoms with Crippen LogP contribution in [0.3, 0.4) is 0 Å². The van der Waals surface area contributed by atoms with Crippen molar-refractivity contribution in [3.63, 3.8) is 0 Å². The van der Waals surface area contributed by atoms with Crippen molar-refractivity contribution >= 4 is 26.7 Å². The Balaban J connectivity index is 0.000000127. The molecule has 5 saturated carbocycles. The first-order valence-corrected chi connectivity index (χ1v) is 41.3. The van der Waals surface area contributed by atoms with E-state index in [2.05, 4.69) is 226 Å². The lowest BCUT2D eigenvalue weighted by Crippen LogP contribution is -2.61. The van der Waals surface area contributed by atoms with Crippen molar-refractivity contribution in [1.29, 1.82) is 0 Å². The molecule has 0 bridgehead atoms. The highest BCUT2D eigenvalue weighted by Crippen LogP contribution is 2.58. The molecule has 0 atom stereocenters. The largest absolute Gasteiger partial charge is 0.516 e. The van der Waals surface area contributed by atoms with E-state index in [-0.39, 0.29) is 40.7 Å². The van der Waals surface area contributed by atoms with Gasteiger partial charge in [-0.25, -0.2) is 0 Å². The van der Waals surface area contributed by atoms with Crippen LogP contribution in [0.25, 0.3) is 0 Å². The van der Waals surface area contributed by atoms with Gasteiger partial charge in [0, 0.05) is 93.9 Å². The number of nitrogens with zero attached hydrogens (tertiary/aromatic N) is 15. The zero-order chi connectivity index (χ0) is 78.9. The summed E-state index contributed by atoms with van der Waals surface area (Å²) in [4.78, 5) is 12.1. The van der Waals surface area contributed by atoms with Gasteiger partial charge in [-0.1, -0.05) is 27.7 Å². The Morgan fingerprint density at radius 1 is 0.299 bits per heavy atom. The SMILES string of the molecule is CC.CC.CC1(C)OB(B2OC(C)(C)C(C)(C)O2)OC1(C)C.Cc1cc(B2OC(C)(C)C(C)(C)O2)nn1C1CC2(C1)CN(C)C2.Cc1cc(C)n(C2CC3(C2)CN(C)C3)n1.Cc1cc(C)n(C2CC3(C2)CN(C)C3)n1.Cc1nn(C2CC3(C2)CN(C)C3)c(C)c1C.Cc1nn(C2CC3(C2)CN(C)C3)c(C)c1C. The topological polar surface area (TPSA) is 161 Å². The van der Waals surface area contributed by atoms with Crippen LogP contribution >= 0.6 is 0 Å². The Bertz CT molecular complexity index is 3620. The minimum Gasteiger partial charge on any atom is -0.405 e. The average molecular weight is 1480 g/mol. The zero-order valence-electron chi connectivity index (χ0n) is 73.2. The lowest BCUT2D eigenvalue weighted by atomic mass is 9.49. The third-order valence-electron chi connectivity index (χ3n) is 28.1. The van der Waals surface area contributed by atoms with Crippen molar-refractivity contribution in [2.75, 3.05) is 101 Å². The van der Waals surface area contributed by atoms with Crippen LogP contribution in [0.2, 0.25) is 0 Å². The third kappa shape index (κ3) is 16.4. The number of hydrogen-bond donors (Lipinski definition) is 0. The lowest BCUT2D eigenvalue weighted by Gasteiger charge is -2.58. The Morgan fingerprint density at radius 2 is 0.514 bits per heavy atom. The normalized spacial score (nSPS) is 28.1. The van der Waals surface area contributed by atoms with Crippen molar-refractivity contribution in [2.45, 2.75) is 315 Å². The molecule has 13 heterocycles. The van der Waals surface area contributed by atoms with E-state index in [0.29, 0.717) is 57.3 Å². The van der Waals surface area contributed by atoms with Gasteiger partial charge in [-0.2, -0.15) is 25.5 Å². The monoisotopic (exact) mass is 1480 g/mol. The molecule has 8 aliphatic heterocycles. The first-order valence-electron chi connectivity index (χ1n) is 41.3. The van der Waals surface area contributed by atoms with E-state index in [9.17, 15) is 0 Å². The second-order valence-corrected chi connectivity index (χ2v) is 39.4. The van der Waals surface area contributed by atoms with Gasteiger partial charge in [0.05, 0.1) is 92.2 Å². The van der Waals surface area contributed by atoms with Crippen LogP contribution in [0.5, 0.6) is 0 Å². The van der Waals surface area contributed by atoms with Gasteiger partial charge in [0.15, 0.2) is 0 Å². The molecule has 0 aromatic carbocycles. The summed E-state index contributed by atoms with van der Waals surface area (Å²) >= 11 is 0. The minimum atomic E-state index is -0.476. The first kappa shape index (κ1) is 83.7. The molecule has 0 N–H and O–H groups in total. The minimum absolute atomic E-state index is 0.313. The van der Waals surface area contributed by atoms with E-state index in [0.717, 1.165) is 17.0 Å². The molecule has 0 radical (unpaired) electrons. The summed E-state index contributed by atoms with van der Waals surface area (Å²) in [5.41, 5.74) is 16.1. The Morgan fingerprint density at radius 3 is 0.720 bits per heavy atom. The van der Waals surface area contributed by atoms with E-state index >= 15 is 0 Å². The second-order valence-electron chi connectivity index (χ2n) is 39.4. The molecular weight excluding hydrogens is 1340 g/mol. The maximum atomic E-state index is 6.13. The second kappa shape index (κ2) is 30.0. The molecule has 21 nitrogen and oxygen atoms in total. The molecule has 5 aromatic rings. The molecule has 5 spiro atoms. The highest BCUT2D eigenvalue weighted by Gasteiger charge is 2.64. The van der Waals surface area contributed by atoms with Crippen molar-refractivity contribution < 1.29 is 27.9 Å². The summed E-state index contributed by atoms with van der Waals surface area (Å²) in [5.74, 6) is 0. The first-order chi connectivity index (χ1) is 49.7. The van der Waals surface area contributed by atoms with Gasteiger partial charge in [-0.05, 0) is 315 Å². The number of hydrogen-bond acceptors (Lipinski definition) is 16. The van der Waals surface area contributed by atoms with Gasteiger partial charge in [-0.3, -0.25) is 23.4 Å². The molecule has 8 saturated heterocycles. The smallest absolute Gasteiger partial charge is 0.405 e. The number of aromatic nitrogens is 10. The Hall–Kier alpha value is -4.20. The quantitative estimate of drug-likeness (QED) is 0.141. The molecule has 24 heteroatoms. The van der Waals surface area contributed by atoms with Crippen LogP contribution in [0.1, 0.15) is 268 Å². The molecule has 0 amide bonds. The highest BCUT2D eigenvalue weighted by atomic mass is 16.7. The molecular formula is C83H144B3N15O6. The van der Waals surface area contributed by atoms with Crippen molar-refractivity contribution in [1.82, 2.24) is 73.4 Å². The van der Waals surface area contributed by atoms with Gasteiger partial charge in [0.25, 0.3) is 0 Å². The van der Waals surface area contributed by atoms with Crippen molar-refractivity contribution in [3.05, 3.63) is 80.6 Å². The fourth-order valence-corrected chi connectivity index (χ4v) is 20.5. The summed E-state index contributed by atoms with van der Waals surface area (Å²) in [5, 5.41) is 23.4. The molecule has 13 fully saturated rings. The summed E-state index contributed by atoms with van der Waals surface area (Å²) in [6.45, 7) is 69.0. The maximum Gasteiger partial charge on any atom is 0.516 e. The Kier molecular flexibility index (Phi) is 23.4. The molecule has 0 unspecified atom stereocenters. The summed E-state index contributed by atoms with van der Waals surface area (Å²) in [7, 11) is 9.74. The number of likely N-dealkylation sites (tertiary alicyclic amines) is 5. The van der Waals surface area contributed by atoms with E-state index in [1.54, 1.807) is 0 Å². The maximum absolute atomic E-state index is 6.13. The average Bonchev–Trinajstić information content (AvgIpc) is 1.72. The summed E-state index contributed by atoms with van der Waals surface area (Å²) < 4.78 is 47.3. The zero-order valence-corrected chi connectivity index (χ0v) is 73.2. The molecule has 13 aliphatic rings. The predicted octanol–water partition coefficient (Wildman–Crippen LogP) is 13.7. The molecule has 5 aromatic heterocycles. The Labute approximate surface area is 648 Å². The van der Waals surface area contributed by atoms with Crippen molar-refractivity contribution in [2.24, 2.45) is 27.1 Å². The van der Waals surface area contributed by atoms with E-state index in [4.69, 9.17) is 33.0 Å². The van der Waals surface area contributed by atoms with Crippen LogP contribution in [0.15, 0.2) is 18.2 Å². The van der Waals surface area contributed by atoms with Gasteiger partial charge in [0.1, 0.15) is 0 Å². The van der Waals surface area contributed by atoms with Gasteiger partial charge < -0.3 is 52.4 Å². The molecule has 18 rings (SSSR count). The highest BCUT2D eigenvalue weighted by molar-refractivity contribution is 7.11. The lowest BCUT2D eigenvalue weighted by molar-refractivity contribution is -0.0792. The standard InChI is InChI=1S/C17H28BN3O2.2C13H21N3.C12H24B2O4.2C12H19N3.2C2H6/c1-12-7-14(18-22-15(2,3)16(4,5)23-18)19-21(12)13-8-17(9-13)10-20(6)11-17;2*1-9-10(2)14-16(11(9)3)12-5-13(6-12)7-15(4)8-13;1-9(2)10(3,4)16-13(15-9)14-17-11(5,6)12(7,8)18-14;2*1-9-4-10(2)15(13-9)11-5-12(6-11)7-14(3)8-12;2*1-2/h7,13H,8-11H2,1-6H3;2*12H,5-8H2,1-4H3;1-8H3;2*4,11H,5-8H2,1-3H3;2*1-2H3. The number of rotatable bonds is 7. The van der Waals surface area contributed by atoms with E-state index in [1.807, 2.05) is 83.1 Å². The van der Waals surface area contributed by atoms with Crippen LogP contribution in [0, 0.1) is 103 Å². The van der Waals surface area contributed by atoms with Gasteiger partial charge in [0.2, 0.25) is 0 Å².